The number of hydrogen-bond donors (Lipinski definition) is 2. The summed E-state index contributed by atoms with van der Waals surface area (Å²) in [5.74, 6) is 2.61. The maximum Gasteiger partial charge on any atom is 0.191 e. The van der Waals surface area contributed by atoms with E-state index in [4.69, 9.17) is 0 Å². The fourth-order valence-corrected chi connectivity index (χ4v) is 3.77. The summed E-state index contributed by atoms with van der Waals surface area (Å²) in [6, 6.07) is 0. The number of aromatic nitrogens is 1. The van der Waals surface area contributed by atoms with Gasteiger partial charge in [0, 0.05) is 18.5 Å². The van der Waals surface area contributed by atoms with Crippen LogP contribution in [0.2, 0.25) is 0 Å². The molecule has 118 valence electrons. The first kappa shape index (κ1) is 16.3. The summed E-state index contributed by atoms with van der Waals surface area (Å²) in [5.41, 5.74) is 1.13. The van der Waals surface area contributed by atoms with Crippen molar-refractivity contribution in [3.05, 3.63) is 15.6 Å². The molecular weight excluding hydrogens is 280 g/mol. The minimum Gasteiger partial charge on any atom is -0.356 e. The van der Waals surface area contributed by atoms with Crippen molar-refractivity contribution in [2.75, 3.05) is 13.6 Å². The van der Waals surface area contributed by atoms with Gasteiger partial charge in [0.2, 0.25) is 0 Å². The molecule has 0 amide bonds. The van der Waals surface area contributed by atoms with Crippen LogP contribution in [-0.2, 0) is 6.54 Å². The van der Waals surface area contributed by atoms with Crippen molar-refractivity contribution in [1.82, 2.24) is 15.6 Å². The lowest BCUT2D eigenvalue weighted by Gasteiger charge is -2.26. The van der Waals surface area contributed by atoms with E-state index >= 15 is 0 Å². The van der Waals surface area contributed by atoms with E-state index in [1.54, 1.807) is 11.3 Å². The topological polar surface area (TPSA) is 49.3 Å². The molecule has 21 heavy (non-hydrogen) atoms. The minimum absolute atomic E-state index is 0.798. The molecule has 2 N–H and O–H groups in total. The summed E-state index contributed by atoms with van der Waals surface area (Å²) < 4.78 is 0. The molecule has 5 heteroatoms. The zero-order valence-corrected chi connectivity index (χ0v) is 14.5. The Balaban J connectivity index is 1.75. The molecular formula is C16H28N4S. The van der Waals surface area contributed by atoms with Crippen molar-refractivity contribution < 1.29 is 0 Å². The molecule has 1 aromatic heterocycles. The Kier molecular flexibility index (Phi) is 6.03. The van der Waals surface area contributed by atoms with E-state index in [0.29, 0.717) is 0 Å². The molecule has 2 rings (SSSR count). The number of thiazole rings is 1. The Morgan fingerprint density at radius 3 is 2.52 bits per heavy atom. The molecule has 1 aromatic rings. The molecule has 1 heterocycles. The van der Waals surface area contributed by atoms with Crippen LogP contribution in [-0.4, -0.2) is 24.5 Å². The third-order valence-electron chi connectivity index (χ3n) is 4.33. The van der Waals surface area contributed by atoms with Gasteiger partial charge in [-0.3, -0.25) is 4.99 Å². The number of hydrogen-bond acceptors (Lipinski definition) is 3. The van der Waals surface area contributed by atoms with Gasteiger partial charge in [-0.25, -0.2) is 4.98 Å². The Bertz CT molecular complexity index is 473. The molecule has 0 unspecified atom stereocenters. The average molecular weight is 308 g/mol. The lowest BCUT2D eigenvalue weighted by molar-refractivity contribution is 0.289. The van der Waals surface area contributed by atoms with Crippen LogP contribution in [0.4, 0.5) is 0 Å². The summed E-state index contributed by atoms with van der Waals surface area (Å²) in [5, 5.41) is 8.00. The van der Waals surface area contributed by atoms with Crippen LogP contribution in [0, 0.1) is 25.7 Å². The Hall–Kier alpha value is -1.10. The number of guanidine groups is 1. The van der Waals surface area contributed by atoms with Crippen LogP contribution in [0.25, 0.3) is 0 Å². The van der Waals surface area contributed by atoms with Crippen molar-refractivity contribution >= 4 is 17.3 Å². The van der Waals surface area contributed by atoms with Crippen molar-refractivity contribution in [3.8, 4) is 0 Å². The van der Waals surface area contributed by atoms with Gasteiger partial charge in [0.25, 0.3) is 0 Å². The highest BCUT2D eigenvalue weighted by Crippen LogP contribution is 2.27. The molecule has 0 aliphatic heterocycles. The highest BCUT2D eigenvalue weighted by molar-refractivity contribution is 7.11. The van der Waals surface area contributed by atoms with Crippen molar-refractivity contribution in [1.29, 1.82) is 0 Å². The van der Waals surface area contributed by atoms with Gasteiger partial charge in [0.1, 0.15) is 0 Å². The third kappa shape index (κ3) is 4.99. The van der Waals surface area contributed by atoms with Crippen LogP contribution in [0.1, 0.15) is 48.2 Å². The molecule has 0 spiro atoms. The lowest BCUT2D eigenvalue weighted by atomic mass is 9.83. The molecule has 1 fully saturated rings. The highest BCUT2D eigenvalue weighted by atomic mass is 32.1. The quantitative estimate of drug-likeness (QED) is 0.663. The first-order chi connectivity index (χ1) is 10.1. The third-order valence-corrected chi connectivity index (χ3v) is 5.41. The average Bonchev–Trinajstić information content (AvgIpc) is 2.79. The Morgan fingerprint density at radius 2 is 1.95 bits per heavy atom. The maximum absolute atomic E-state index is 4.46. The standard InChI is InChI=1S/C16H28N4S/c1-11-5-7-14(8-6-11)9-18-16(17-4)19-10-15-12(2)20-13(3)21-15/h11,14H,5-10H2,1-4H3,(H2,17,18,19). The van der Waals surface area contributed by atoms with E-state index in [9.17, 15) is 0 Å². The van der Waals surface area contributed by atoms with Gasteiger partial charge in [-0.2, -0.15) is 0 Å². The summed E-state index contributed by atoms with van der Waals surface area (Å²) in [6.45, 7) is 8.33. The Labute approximate surface area is 132 Å². The van der Waals surface area contributed by atoms with E-state index in [2.05, 4.69) is 41.4 Å². The second-order valence-electron chi connectivity index (χ2n) is 6.17. The monoisotopic (exact) mass is 308 g/mol. The van der Waals surface area contributed by atoms with Crippen LogP contribution >= 0.6 is 11.3 Å². The molecule has 1 aliphatic rings. The SMILES string of the molecule is CN=C(NCc1sc(C)nc1C)NCC1CCC(C)CC1. The van der Waals surface area contributed by atoms with Crippen LogP contribution in [0.3, 0.4) is 0 Å². The molecule has 4 nitrogen and oxygen atoms in total. The van der Waals surface area contributed by atoms with E-state index in [1.165, 1.54) is 30.6 Å². The van der Waals surface area contributed by atoms with Crippen molar-refractivity contribution in [2.45, 2.75) is 53.0 Å². The molecule has 0 radical (unpaired) electrons. The van der Waals surface area contributed by atoms with Crippen molar-refractivity contribution in [3.63, 3.8) is 0 Å². The van der Waals surface area contributed by atoms with Crippen molar-refractivity contribution in [2.24, 2.45) is 16.8 Å². The zero-order valence-electron chi connectivity index (χ0n) is 13.7. The van der Waals surface area contributed by atoms with E-state index in [1.807, 2.05) is 7.05 Å². The molecule has 0 saturated heterocycles. The largest absolute Gasteiger partial charge is 0.356 e. The minimum atomic E-state index is 0.798. The molecule has 0 bridgehead atoms. The van der Waals surface area contributed by atoms with Gasteiger partial charge < -0.3 is 10.6 Å². The number of nitrogens with zero attached hydrogens (tertiary/aromatic N) is 2. The molecule has 0 atom stereocenters. The van der Waals surface area contributed by atoms with E-state index < -0.39 is 0 Å². The zero-order chi connectivity index (χ0) is 15.2. The number of nitrogens with one attached hydrogen (secondary N) is 2. The van der Waals surface area contributed by atoms with Gasteiger partial charge in [0.05, 0.1) is 17.2 Å². The van der Waals surface area contributed by atoms with Crippen LogP contribution < -0.4 is 10.6 Å². The number of rotatable bonds is 4. The molecule has 0 aromatic carbocycles. The van der Waals surface area contributed by atoms with E-state index in [0.717, 1.165) is 41.6 Å². The Morgan fingerprint density at radius 1 is 1.24 bits per heavy atom. The fraction of sp³-hybridized carbons (Fsp3) is 0.750. The predicted molar refractivity (Wildman–Crippen MR) is 90.9 cm³/mol. The maximum atomic E-state index is 4.46. The van der Waals surface area contributed by atoms with Crippen LogP contribution in [0.5, 0.6) is 0 Å². The molecule has 1 saturated carbocycles. The second-order valence-corrected chi connectivity index (χ2v) is 7.46. The summed E-state index contributed by atoms with van der Waals surface area (Å²) in [4.78, 5) is 10.1. The number of aryl methyl sites for hydroxylation is 2. The van der Waals surface area contributed by atoms with Crippen LogP contribution in [0.15, 0.2) is 4.99 Å². The van der Waals surface area contributed by atoms with Gasteiger partial charge in [-0.1, -0.05) is 19.8 Å². The summed E-state index contributed by atoms with van der Waals surface area (Å²) >= 11 is 1.76. The van der Waals surface area contributed by atoms with Gasteiger partial charge in [0.15, 0.2) is 5.96 Å². The van der Waals surface area contributed by atoms with E-state index in [-0.39, 0.29) is 0 Å². The highest BCUT2D eigenvalue weighted by Gasteiger charge is 2.18. The lowest BCUT2D eigenvalue weighted by Crippen LogP contribution is -2.40. The predicted octanol–water partition coefficient (Wildman–Crippen LogP) is 3.25. The second kappa shape index (κ2) is 7.78. The summed E-state index contributed by atoms with van der Waals surface area (Å²) in [6.07, 6.45) is 5.44. The fourth-order valence-electron chi connectivity index (χ4n) is 2.90. The van der Waals surface area contributed by atoms with Gasteiger partial charge in [-0.15, -0.1) is 11.3 Å². The smallest absolute Gasteiger partial charge is 0.191 e. The summed E-state index contributed by atoms with van der Waals surface area (Å²) in [7, 11) is 1.84. The first-order valence-corrected chi connectivity index (χ1v) is 8.77. The van der Waals surface area contributed by atoms with Gasteiger partial charge >= 0.3 is 0 Å². The first-order valence-electron chi connectivity index (χ1n) is 7.96. The normalized spacial score (nSPS) is 23.1. The molecule has 1 aliphatic carbocycles. The number of aliphatic imine (C=N–C) groups is 1. The van der Waals surface area contributed by atoms with Gasteiger partial charge in [-0.05, 0) is 38.5 Å².